The predicted octanol–water partition coefficient (Wildman–Crippen LogP) is 5.98. The Hall–Kier alpha value is -2.70. The van der Waals surface area contributed by atoms with Gasteiger partial charge in [-0.25, -0.2) is 9.97 Å². The Bertz CT molecular complexity index is 1130. The Morgan fingerprint density at radius 2 is 1.62 bits per heavy atom. The Morgan fingerprint density at radius 1 is 0.897 bits per heavy atom. The van der Waals surface area contributed by atoms with Gasteiger partial charge in [0.25, 0.3) is 0 Å². The summed E-state index contributed by atoms with van der Waals surface area (Å²) in [5, 5.41) is 4.97. The van der Waals surface area contributed by atoms with Gasteiger partial charge in [0.05, 0.1) is 11.3 Å². The van der Waals surface area contributed by atoms with Crippen molar-refractivity contribution in [3.8, 4) is 0 Å². The van der Waals surface area contributed by atoms with Crippen molar-refractivity contribution in [2.75, 3.05) is 11.1 Å². The first-order valence-corrected chi connectivity index (χ1v) is 10.9. The van der Waals surface area contributed by atoms with E-state index in [1.807, 2.05) is 66.7 Å². The van der Waals surface area contributed by atoms with Crippen LogP contribution in [0.2, 0.25) is 0 Å². The van der Waals surface area contributed by atoms with Crippen molar-refractivity contribution < 1.29 is 4.79 Å². The number of carbonyl (C=O) groups excluding carboxylic acids is 1. The van der Waals surface area contributed by atoms with Crippen LogP contribution in [0, 0.1) is 0 Å². The average molecular weight is 464 g/mol. The first-order valence-electron chi connectivity index (χ1n) is 9.15. The fourth-order valence-corrected chi connectivity index (χ4v) is 3.90. The molecule has 0 aliphatic carbocycles. The number of nitrogens with one attached hydrogen (secondary N) is 1. The highest BCUT2D eigenvalue weighted by atomic mass is 79.9. The zero-order chi connectivity index (χ0) is 20.1. The maximum atomic E-state index is 12.5. The summed E-state index contributed by atoms with van der Waals surface area (Å²) < 4.78 is 0.952. The zero-order valence-corrected chi connectivity index (χ0v) is 17.9. The van der Waals surface area contributed by atoms with Crippen molar-refractivity contribution in [2.24, 2.45) is 0 Å². The molecule has 144 valence electrons. The highest BCUT2D eigenvalue weighted by Gasteiger charge is 2.11. The maximum Gasteiger partial charge on any atom is 0.190 e. The molecule has 0 unspecified atom stereocenters. The number of anilines is 1. The van der Waals surface area contributed by atoms with E-state index in [1.54, 1.807) is 0 Å². The van der Waals surface area contributed by atoms with Gasteiger partial charge < -0.3 is 5.32 Å². The molecule has 4 rings (SSSR count). The third-order valence-corrected chi connectivity index (χ3v) is 5.76. The second kappa shape index (κ2) is 9.20. The van der Waals surface area contributed by atoms with Crippen molar-refractivity contribution in [2.45, 2.75) is 11.7 Å². The highest BCUT2D eigenvalue weighted by Crippen LogP contribution is 2.25. The lowest BCUT2D eigenvalue weighted by atomic mass is 10.2. The van der Waals surface area contributed by atoms with Crippen LogP contribution < -0.4 is 5.32 Å². The molecule has 0 spiro atoms. The Kier molecular flexibility index (Phi) is 6.22. The van der Waals surface area contributed by atoms with Gasteiger partial charge in [-0.3, -0.25) is 4.79 Å². The number of benzene rings is 3. The van der Waals surface area contributed by atoms with Crippen LogP contribution in [0.5, 0.6) is 0 Å². The standard InChI is InChI=1S/C23H18BrN3OS/c24-18-12-10-17(11-13-18)21(28)15-29-23-26-20-9-5-4-8-19(20)22(27-23)25-14-16-6-2-1-3-7-16/h1-13H,14-15H2,(H,25,26,27). The molecular weight excluding hydrogens is 446 g/mol. The fourth-order valence-electron chi connectivity index (χ4n) is 2.89. The maximum absolute atomic E-state index is 12.5. The second-order valence-electron chi connectivity index (χ2n) is 6.43. The van der Waals surface area contributed by atoms with Crippen molar-refractivity contribution in [3.63, 3.8) is 0 Å². The Morgan fingerprint density at radius 3 is 2.41 bits per heavy atom. The monoisotopic (exact) mass is 463 g/mol. The third kappa shape index (κ3) is 5.02. The molecule has 0 radical (unpaired) electrons. The summed E-state index contributed by atoms with van der Waals surface area (Å²) >= 11 is 4.74. The molecule has 1 aromatic heterocycles. The highest BCUT2D eigenvalue weighted by molar-refractivity contribution is 9.10. The number of rotatable bonds is 7. The average Bonchev–Trinajstić information content (AvgIpc) is 2.77. The van der Waals surface area contributed by atoms with Crippen LogP contribution in [0.4, 0.5) is 5.82 Å². The minimum absolute atomic E-state index is 0.0538. The molecule has 1 heterocycles. The molecular formula is C23H18BrN3OS. The largest absolute Gasteiger partial charge is 0.365 e. The molecule has 0 fully saturated rings. The van der Waals surface area contributed by atoms with Gasteiger partial charge in [0.1, 0.15) is 5.82 Å². The molecule has 1 N–H and O–H groups in total. The van der Waals surface area contributed by atoms with E-state index in [0.717, 1.165) is 21.2 Å². The Labute approximate surface area is 181 Å². The van der Waals surface area contributed by atoms with Crippen LogP contribution in [0.15, 0.2) is 88.5 Å². The number of Topliss-reactive ketones (excluding diaryl/α,β-unsaturated/α-hetero) is 1. The van der Waals surface area contributed by atoms with Gasteiger partial charge in [-0.15, -0.1) is 0 Å². The first kappa shape index (κ1) is 19.6. The number of nitrogens with zero attached hydrogens (tertiary/aromatic N) is 2. The van der Waals surface area contributed by atoms with Crippen molar-refractivity contribution in [3.05, 3.63) is 94.5 Å². The number of para-hydroxylation sites is 1. The molecule has 4 aromatic rings. The van der Waals surface area contributed by atoms with Gasteiger partial charge in [0.2, 0.25) is 0 Å². The molecule has 0 saturated heterocycles. The third-order valence-electron chi connectivity index (χ3n) is 4.38. The fraction of sp³-hybridized carbons (Fsp3) is 0.0870. The summed E-state index contributed by atoms with van der Waals surface area (Å²) in [5.41, 5.74) is 2.72. The number of carbonyl (C=O) groups is 1. The van der Waals surface area contributed by atoms with E-state index in [1.165, 1.54) is 17.3 Å². The van der Waals surface area contributed by atoms with Crippen LogP contribution in [-0.4, -0.2) is 21.5 Å². The van der Waals surface area contributed by atoms with E-state index >= 15 is 0 Å². The van der Waals surface area contributed by atoms with Crippen molar-refractivity contribution >= 4 is 50.2 Å². The lowest BCUT2D eigenvalue weighted by Crippen LogP contribution is -2.06. The molecule has 0 saturated carbocycles. The number of aromatic nitrogens is 2. The molecule has 0 atom stereocenters. The van der Waals surface area contributed by atoms with E-state index in [0.29, 0.717) is 17.3 Å². The minimum Gasteiger partial charge on any atom is -0.365 e. The summed E-state index contributed by atoms with van der Waals surface area (Å²) in [7, 11) is 0. The summed E-state index contributed by atoms with van der Waals surface area (Å²) in [6.45, 7) is 0.670. The molecule has 3 aromatic carbocycles. The number of hydrogen-bond acceptors (Lipinski definition) is 5. The topological polar surface area (TPSA) is 54.9 Å². The normalized spacial score (nSPS) is 10.8. The number of ketones is 1. The zero-order valence-electron chi connectivity index (χ0n) is 15.5. The quantitative estimate of drug-likeness (QED) is 0.207. The smallest absolute Gasteiger partial charge is 0.190 e. The van der Waals surface area contributed by atoms with E-state index < -0.39 is 0 Å². The molecule has 0 aliphatic rings. The van der Waals surface area contributed by atoms with E-state index in [4.69, 9.17) is 0 Å². The molecule has 0 aliphatic heterocycles. The van der Waals surface area contributed by atoms with Crippen LogP contribution in [0.1, 0.15) is 15.9 Å². The lowest BCUT2D eigenvalue weighted by molar-refractivity contribution is 0.102. The predicted molar refractivity (Wildman–Crippen MR) is 123 cm³/mol. The summed E-state index contributed by atoms with van der Waals surface area (Å²) in [5.74, 6) is 1.12. The van der Waals surface area contributed by atoms with Crippen molar-refractivity contribution in [1.29, 1.82) is 0 Å². The van der Waals surface area contributed by atoms with E-state index in [9.17, 15) is 4.79 Å². The second-order valence-corrected chi connectivity index (χ2v) is 8.29. The SMILES string of the molecule is O=C(CSc1nc(NCc2ccccc2)c2ccccc2n1)c1ccc(Br)cc1. The van der Waals surface area contributed by atoms with Gasteiger partial charge in [-0.05, 0) is 29.8 Å². The summed E-state index contributed by atoms with van der Waals surface area (Å²) in [6, 6.07) is 25.5. The minimum atomic E-state index is 0.0538. The van der Waals surface area contributed by atoms with Gasteiger partial charge in [-0.2, -0.15) is 0 Å². The van der Waals surface area contributed by atoms with Gasteiger partial charge in [-0.1, -0.05) is 82.3 Å². The number of fused-ring (bicyclic) bond motifs is 1. The lowest BCUT2D eigenvalue weighted by Gasteiger charge is -2.11. The van der Waals surface area contributed by atoms with Crippen molar-refractivity contribution in [1.82, 2.24) is 9.97 Å². The Balaban J connectivity index is 1.53. The van der Waals surface area contributed by atoms with Gasteiger partial charge in [0.15, 0.2) is 10.9 Å². The molecule has 29 heavy (non-hydrogen) atoms. The van der Waals surface area contributed by atoms with E-state index in [-0.39, 0.29) is 11.5 Å². The van der Waals surface area contributed by atoms with Crippen LogP contribution in [0.25, 0.3) is 10.9 Å². The van der Waals surface area contributed by atoms with Crippen LogP contribution >= 0.6 is 27.7 Å². The molecule has 0 amide bonds. The van der Waals surface area contributed by atoms with Gasteiger partial charge in [0, 0.05) is 22.0 Å². The van der Waals surface area contributed by atoms with Crippen LogP contribution in [-0.2, 0) is 6.54 Å². The summed E-state index contributed by atoms with van der Waals surface area (Å²) in [4.78, 5) is 21.8. The molecule has 6 heteroatoms. The van der Waals surface area contributed by atoms with E-state index in [2.05, 4.69) is 43.3 Å². The first-order chi connectivity index (χ1) is 14.2. The summed E-state index contributed by atoms with van der Waals surface area (Å²) in [6.07, 6.45) is 0. The number of halogens is 1. The number of hydrogen-bond donors (Lipinski definition) is 1. The number of thioether (sulfide) groups is 1. The van der Waals surface area contributed by atoms with Gasteiger partial charge >= 0.3 is 0 Å². The van der Waals surface area contributed by atoms with Crippen LogP contribution in [0.3, 0.4) is 0 Å². The molecule has 0 bridgehead atoms. The molecule has 4 nitrogen and oxygen atoms in total.